The molecular weight excluding hydrogens is 354 g/mol. The number of pyridine rings is 1. The number of hydrogen-bond donors (Lipinski definition) is 0. The summed E-state index contributed by atoms with van der Waals surface area (Å²) in [6.07, 6.45) is 1.88. The molecule has 1 aliphatic heterocycles. The van der Waals surface area contributed by atoms with Crippen molar-refractivity contribution < 1.29 is 23.0 Å². The van der Waals surface area contributed by atoms with Crippen molar-refractivity contribution in [2.75, 3.05) is 6.61 Å². The van der Waals surface area contributed by atoms with Crippen LogP contribution in [0.15, 0.2) is 4.99 Å². The Bertz CT molecular complexity index is 692. The van der Waals surface area contributed by atoms with Crippen LogP contribution in [0.5, 0.6) is 5.75 Å². The van der Waals surface area contributed by atoms with Gasteiger partial charge < -0.3 is 9.47 Å². The van der Waals surface area contributed by atoms with Gasteiger partial charge in [-0.3, -0.25) is 4.79 Å². The number of alkyl halides is 3. The smallest absolute Gasteiger partial charge is 0.368 e. The maximum absolute atomic E-state index is 13.9. The molecule has 138 valence electrons. The lowest BCUT2D eigenvalue weighted by Gasteiger charge is -2.20. The van der Waals surface area contributed by atoms with Gasteiger partial charge >= 0.3 is 11.4 Å². The molecule has 0 N–H and O–H groups in total. The summed E-state index contributed by atoms with van der Waals surface area (Å²) in [5, 5.41) is -3.77. The van der Waals surface area contributed by atoms with Crippen LogP contribution >= 0.6 is 11.6 Å². The first-order chi connectivity index (χ1) is 11.6. The fourth-order valence-corrected chi connectivity index (χ4v) is 2.76. The van der Waals surface area contributed by atoms with E-state index in [9.17, 15) is 13.6 Å². The van der Waals surface area contributed by atoms with Crippen LogP contribution in [-0.2, 0) is 21.3 Å². The zero-order chi connectivity index (χ0) is 18.8. The molecule has 1 fully saturated rings. The van der Waals surface area contributed by atoms with E-state index in [1.807, 2.05) is 13.8 Å². The molecule has 1 aromatic rings. The van der Waals surface area contributed by atoms with Gasteiger partial charge in [0, 0.05) is 18.9 Å². The van der Waals surface area contributed by atoms with Crippen LogP contribution in [0.25, 0.3) is 0 Å². The van der Waals surface area contributed by atoms with Crippen molar-refractivity contribution in [2.24, 2.45) is 10.9 Å². The first-order valence-corrected chi connectivity index (χ1v) is 8.46. The Morgan fingerprint density at radius 2 is 2.16 bits per heavy atom. The Kier molecular flexibility index (Phi) is 5.98. The molecule has 0 unspecified atom stereocenters. The van der Waals surface area contributed by atoms with Gasteiger partial charge in [0.05, 0.1) is 18.0 Å². The van der Waals surface area contributed by atoms with E-state index in [4.69, 9.17) is 21.1 Å². The van der Waals surface area contributed by atoms with Crippen LogP contribution in [0.3, 0.4) is 0 Å². The molecule has 25 heavy (non-hydrogen) atoms. The molecule has 0 atom stereocenters. The van der Waals surface area contributed by atoms with Gasteiger partial charge in [0.2, 0.25) is 0 Å². The summed E-state index contributed by atoms with van der Waals surface area (Å²) in [7, 11) is 0. The standard InChI is InChI=1S/C17H21ClF2N2O3/c1-9(2)8-12-14(22-13-6-5-7-24-13)10(3)21-16(17(18,19)20)15(12)25-11(4)23/h9H,5-8H2,1-4H3. The molecule has 1 aliphatic rings. The van der Waals surface area contributed by atoms with Crippen molar-refractivity contribution in [1.82, 2.24) is 4.98 Å². The molecule has 0 aromatic carbocycles. The molecular formula is C17H21ClF2N2O3. The van der Waals surface area contributed by atoms with Gasteiger partial charge in [0.25, 0.3) is 0 Å². The number of nitrogens with zero attached hydrogens (tertiary/aromatic N) is 2. The van der Waals surface area contributed by atoms with Crippen molar-refractivity contribution in [1.29, 1.82) is 0 Å². The van der Waals surface area contributed by atoms with Gasteiger partial charge in [-0.1, -0.05) is 13.8 Å². The van der Waals surface area contributed by atoms with Gasteiger partial charge in [0.1, 0.15) is 0 Å². The summed E-state index contributed by atoms with van der Waals surface area (Å²) in [6, 6.07) is 0. The van der Waals surface area contributed by atoms with Gasteiger partial charge in [0.15, 0.2) is 17.3 Å². The third-order valence-electron chi connectivity index (χ3n) is 3.56. The van der Waals surface area contributed by atoms with Crippen LogP contribution < -0.4 is 4.74 Å². The number of ether oxygens (including phenoxy) is 2. The van der Waals surface area contributed by atoms with Gasteiger partial charge in [-0.25, -0.2) is 9.98 Å². The maximum atomic E-state index is 13.9. The summed E-state index contributed by atoms with van der Waals surface area (Å²) in [6.45, 7) is 7.13. The Morgan fingerprint density at radius 1 is 1.48 bits per heavy atom. The monoisotopic (exact) mass is 374 g/mol. The molecule has 1 saturated heterocycles. The second-order valence-electron chi connectivity index (χ2n) is 6.35. The largest absolute Gasteiger partial charge is 0.481 e. The normalized spacial score (nSPS) is 16.4. The Morgan fingerprint density at radius 3 is 2.64 bits per heavy atom. The summed E-state index contributed by atoms with van der Waals surface area (Å²) >= 11 is 5.20. The Balaban J connectivity index is 2.73. The second kappa shape index (κ2) is 7.64. The minimum atomic E-state index is -3.77. The number of carbonyl (C=O) groups is 1. The molecule has 0 bridgehead atoms. The number of aryl methyl sites for hydroxylation is 1. The highest BCUT2D eigenvalue weighted by Crippen LogP contribution is 2.44. The first kappa shape index (κ1) is 19.6. The van der Waals surface area contributed by atoms with E-state index in [1.165, 1.54) is 0 Å². The number of halogens is 3. The lowest BCUT2D eigenvalue weighted by atomic mass is 9.98. The van der Waals surface area contributed by atoms with E-state index >= 15 is 0 Å². The molecule has 5 nitrogen and oxygen atoms in total. The molecule has 2 heterocycles. The number of hydrogen-bond acceptors (Lipinski definition) is 5. The number of esters is 1. The van der Waals surface area contributed by atoms with Crippen LogP contribution in [0.2, 0.25) is 0 Å². The van der Waals surface area contributed by atoms with Gasteiger partial charge in [-0.15, -0.1) is 0 Å². The highest BCUT2D eigenvalue weighted by atomic mass is 35.5. The van der Waals surface area contributed by atoms with Crippen LogP contribution in [0.1, 0.15) is 50.6 Å². The number of carbonyl (C=O) groups excluding carboxylic acids is 1. The molecule has 0 aliphatic carbocycles. The minimum Gasteiger partial charge on any atom is -0.481 e. The zero-order valence-corrected chi connectivity index (χ0v) is 15.4. The molecule has 1 aromatic heterocycles. The Hall–Kier alpha value is -1.76. The first-order valence-electron chi connectivity index (χ1n) is 8.09. The fourth-order valence-electron chi connectivity index (χ4n) is 2.63. The highest BCUT2D eigenvalue weighted by Gasteiger charge is 2.37. The van der Waals surface area contributed by atoms with Gasteiger partial charge in [-0.05, 0) is 37.3 Å². The summed E-state index contributed by atoms with van der Waals surface area (Å²) < 4.78 is 38.2. The van der Waals surface area contributed by atoms with Gasteiger partial charge in [-0.2, -0.15) is 8.78 Å². The molecule has 8 heteroatoms. The van der Waals surface area contributed by atoms with Crippen molar-refractivity contribution in [3.63, 3.8) is 0 Å². The zero-order valence-electron chi connectivity index (χ0n) is 14.7. The second-order valence-corrected chi connectivity index (χ2v) is 6.82. The molecule has 0 spiro atoms. The highest BCUT2D eigenvalue weighted by molar-refractivity contribution is 6.21. The maximum Gasteiger partial charge on any atom is 0.368 e. The summed E-state index contributed by atoms with van der Waals surface area (Å²) in [5.74, 6) is -0.414. The molecule has 0 radical (unpaired) electrons. The number of aromatic nitrogens is 1. The van der Waals surface area contributed by atoms with Crippen molar-refractivity contribution in [3.05, 3.63) is 17.0 Å². The minimum absolute atomic E-state index is 0.108. The topological polar surface area (TPSA) is 60.8 Å². The van der Waals surface area contributed by atoms with E-state index in [-0.39, 0.29) is 17.4 Å². The van der Waals surface area contributed by atoms with Crippen molar-refractivity contribution >= 4 is 29.2 Å². The van der Waals surface area contributed by atoms with Crippen molar-refractivity contribution in [2.45, 2.75) is 52.3 Å². The number of aliphatic imine (C=N–C) groups is 1. The van der Waals surface area contributed by atoms with Crippen LogP contribution in [-0.4, -0.2) is 23.5 Å². The lowest BCUT2D eigenvalue weighted by molar-refractivity contribution is -0.132. The van der Waals surface area contributed by atoms with E-state index < -0.39 is 17.0 Å². The summed E-state index contributed by atoms with van der Waals surface area (Å²) in [5.41, 5.74) is 0.293. The van der Waals surface area contributed by atoms with Crippen LogP contribution in [0, 0.1) is 12.8 Å². The Labute approximate surface area is 150 Å². The average molecular weight is 375 g/mol. The molecule has 2 rings (SSSR count). The summed E-state index contributed by atoms with van der Waals surface area (Å²) in [4.78, 5) is 19.8. The number of rotatable bonds is 5. The van der Waals surface area contributed by atoms with E-state index in [0.29, 0.717) is 36.6 Å². The van der Waals surface area contributed by atoms with Crippen LogP contribution in [0.4, 0.5) is 14.5 Å². The SMILES string of the molecule is CC(=O)Oc1c(C(F)(F)Cl)nc(C)c(N=C2CCCO2)c1CC(C)C. The third kappa shape index (κ3) is 4.87. The van der Waals surface area contributed by atoms with Crippen molar-refractivity contribution in [3.8, 4) is 5.75 Å². The van der Waals surface area contributed by atoms with E-state index in [2.05, 4.69) is 9.98 Å². The molecule has 0 saturated carbocycles. The predicted octanol–water partition coefficient (Wildman–Crippen LogP) is 4.64. The molecule has 0 amide bonds. The third-order valence-corrected chi connectivity index (χ3v) is 3.74. The average Bonchev–Trinajstić information content (AvgIpc) is 2.96. The van der Waals surface area contributed by atoms with E-state index in [1.54, 1.807) is 6.92 Å². The lowest BCUT2D eigenvalue weighted by Crippen LogP contribution is -2.16. The fraction of sp³-hybridized carbons (Fsp3) is 0.588. The quantitative estimate of drug-likeness (QED) is 0.556. The van der Waals surface area contributed by atoms with E-state index in [0.717, 1.165) is 13.3 Å². The predicted molar refractivity (Wildman–Crippen MR) is 90.9 cm³/mol.